The fourth-order valence-electron chi connectivity index (χ4n) is 3.81. The van der Waals surface area contributed by atoms with Crippen LogP contribution in [-0.4, -0.2) is 39.5 Å². The van der Waals surface area contributed by atoms with Gasteiger partial charge in [-0.15, -0.1) is 0 Å². The minimum absolute atomic E-state index is 0.116. The lowest BCUT2D eigenvalue weighted by Crippen LogP contribution is -2.20. The molecule has 1 amide bonds. The summed E-state index contributed by atoms with van der Waals surface area (Å²) in [6.45, 7) is 0.247. The van der Waals surface area contributed by atoms with E-state index in [1.807, 2.05) is 16.9 Å². The fraction of sp³-hybridized carbons (Fsp3) is 0.381. The SMILES string of the molecule is COc1cc2nn([C@H]3CC[C@H](CO)CC3)cc2cc1NC(=O)c1ccc(F)cn1. The van der Waals surface area contributed by atoms with Gasteiger partial charge in [0, 0.05) is 24.3 Å². The van der Waals surface area contributed by atoms with Gasteiger partial charge in [-0.1, -0.05) is 0 Å². The van der Waals surface area contributed by atoms with Gasteiger partial charge in [-0.05, 0) is 49.8 Å². The number of carbonyl (C=O) groups is 1. The van der Waals surface area contributed by atoms with E-state index in [0.717, 1.165) is 42.8 Å². The first-order valence-corrected chi connectivity index (χ1v) is 9.68. The predicted molar refractivity (Wildman–Crippen MR) is 107 cm³/mol. The zero-order valence-electron chi connectivity index (χ0n) is 16.1. The molecule has 0 radical (unpaired) electrons. The molecule has 0 spiro atoms. The lowest BCUT2D eigenvalue weighted by atomic mass is 9.87. The Kier molecular flexibility index (Phi) is 5.44. The number of fused-ring (bicyclic) bond motifs is 1. The van der Waals surface area contributed by atoms with Crippen LogP contribution in [0.3, 0.4) is 0 Å². The average Bonchev–Trinajstić information content (AvgIpc) is 3.16. The summed E-state index contributed by atoms with van der Waals surface area (Å²) in [6, 6.07) is 6.43. The van der Waals surface area contributed by atoms with Crippen molar-refractivity contribution in [2.45, 2.75) is 31.7 Å². The summed E-state index contributed by atoms with van der Waals surface area (Å²) in [6.07, 6.45) is 6.93. The zero-order chi connectivity index (χ0) is 20.4. The van der Waals surface area contributed by atoms with E-state index in [1.165, 1.54) is 19.2 Å². The maximum absolute atomic E-state index is 13.0. The third kappa shape index (κ3) is 4.07. The number of aliphatic hydroxyl groups is 1. The molecule has 0 bridgehead atoms. The standard InChI is InChI=1S/C21H23FN4O3/c1-29-20-9-18-14(11-26(25-18)16-5-2-13(12-27)3-6-16)8-19(20)24-21(28)17-7-4-15(22)10-23-17/h4,7-11,13,16,27H,2-3,5-6,12H2,1H3,(H,24,28)/t13-,16-. The maximum Gasteiger partial charge on any atom is 0.274 e. The number of hydrogen-bond acceptors (Lipinski definition) is 5. The molecule has 152 valence electrons. The Hall–Kier alpha value is -3.00. The highest BCUT2D eigenvalue weighted by Crippen LogP contribution is 2.34. The van der Waals surface area contributed by atoms with Gasteiger partial charge in [0.2, 0.25) is 0 Å². The molecule has 7 nitrogen and oxygen atoms in total. The van der Waals surface area contributed by atoms with E-state index >= 15 is 0 Å². The Balaban J connectivity index is 1.58. The third-order valence-electron chi connectivity index (χ3n) is 5.50. The minimum atomic E-state index is -0.499. The van der Waals surface area contributed by atoms with Gasteiger partial charge in [-0.3, -0.25) is 9.48 Å². The number of ether oxygens (including phenoxy) is 1. The van der Waals surface area contributed by atoms with Crippen LogP contribution in [0.15, 0.2) is 36.7 Å². The first-order valence-electron chi connectivity index (χ1n) is 9.68. The van der Waals surface area contributed by atoms with Crippen LogP contribution < -0.4 is 10.1 Å². The van der Waals surface area contributed by atoms with Crippen LogP contribution in [0, 0.1) is 11.7 Å². The molecular formula is C21H23FN4O3. The molecule has 29 heavy (non-hydrogen) atoms. The molecule has 1 saturated carbocycles. The molecular weight excluding hydrogens is 375 g/mol. The van der Waals surface area contributed by atoms with Gasteiger partial charge >= 0.3 is 0 Å². The van der Waals surface area contributed by atoms with Crippen LogP contribution in [0.2, 0.25) is 0 Å². The van der Waals surface area contributed by atoms with Crippen molar-refractivity contribution in [1.29, 1.82) is 0 Å². The monoisotopic (exact) mass is 398 g/mol. The van der Waals surface area contributed by atoms with Gasteiger partial charge in [-0.2, -0.15) is 5.10 Å². The Morgan fingerprint density at radius 3 is 2.76 bits per heavy atom. The van der Waals surface area contributed by atoms with Crippen molar-refractivity contribution in [3.8, 4) is 5.75 Å². The molecule has 2 N–H and O–H groups in total. The van der Waals surface area contributed by atoms with Crippen molar-refractivity contribution in [3.63, 3.8) is 0 Å². The number of benzene rings is 1. The molecule has 1 aliphatic carbocycles. The number of anilines is 1. The predicted octanol–water partition coefficient (Wildman–Crippen LogP) is 3.55. The summed E-state index contributed by atoms with van der Waals surface area (Å²) in [7, 11) is 1.53. The molecule has 8 heteroatoms. The fourth-order valence-corrected chi connectivity index (χ4v) is 3.81. The van der Waals surface area contributed by atoms with E-state index in [9.17, 15) is 14.3 Å². The second-order valence-electron chi connectivity index (χ2n) is 7.39. The summed E-state index contributed by atoms with van der Waals surface area (Å²) < 4.78 is 20.4. The summed E-state index contributed by atoms with van der Waals surface area (Å²) in [5.41, 5.74) is 1.40. The van der Waals surface area contributed by atoms with Crippen LogP contribution >= 0.6 is 0 Å². The Morgan fingerprint density at radius 2 is 2.10 bits per heavy atom. The number of amides is 1. The Bertz CT molecular complexity index is 1010. The number of aliphatic hydroxyl groups excluding tert-OH is 1. The lowest BCUT2D eigenvalue weighted by molar-refractivity contribution is 0.102. The van der Waals surface area contributed by atoms with E-state index in [1.54, 1.807) is 6.07 Å². The first kappa shape index (κ1) is 19.3. The summed E-state index contributed by atoms with van der Waals surface area (Å²) in [4.78, 5) is 16.3. The number of carbonyl (C=O) groups excluding carboxylic acids is 1. The highest BCUT2D eigenvalue weighted by Gasteiger charge is 2.23. The Labute approximate surface area is 167 Å². The molecule has 0 saturated heterocycles. The minimum Gasteiger partial charge on any atom is -0.494 e. The molecule has 1 aliphatic rings. The molecule has 0 atom stereocenters. The van der Waals surface area contributed by atoms with Gasteiger partial charge in [0.15, 0.2) is 0 Å². The molecule has 3 aromatic rings. The summed E-state index contributed by atoms with van der Waals surface area (Å²) in [5, 5.41) is 17.7. The van der Waals surface area contributed by atoms with E-state index in [4.69, 9.17) is 9.84 Å². The van der Waals surface area contributed by atoms with Gasteiger partial charge < -0.3 is 15.2 Å². The highest BCUT2D eigenvalue weighted by atomic mass is 19.1. The van der Waals surface area contributed by atoms with Crippen molar-refractivity contribution >= 4 is 22.5 Å². The van der Waals surface area contributed by atoms with Crippen LogP contribution in [0.1, 0.15) is 42.2 Å². The molecule has 2 heterocycles. The second-order valence-corrected chi connectivity index (χ2v) is 7.39. The van der Waals surface area contributed by atoms with E-state index in [0.29, 0.717) is 23.4 Å². The quantitative estimate of drug-likeness (QED) is 0.686. The van der Waals surface area contributed by atoms with Crippen LogP contribution in [-0.2, 0) is 0 Å². The topological polar surface area (TPSA) is 89.3 Å². The summed E-state index contributed by atoms with van der Waals surface area (Å²) in [5.74, 6) is -0.0706. The molecule has 4 rings (SSSR count). The molecule has 1 aromatic carbocycles. The number of halogens is 1. The smallest absolute Gasteiger partial charge is 0.274 e. The van der Waals surface area contributed by atoms with E-state index in [2.05, 4.69) is 10.3 Å². The van der Waals surface area contributed by atoms with Crippen molar-refractivity contribution in [2.24, 2.45) is 5.92 Å². The van der Waals surface area contributed by atoms with Gasteiger partial charge in [0.05, 0.1) is 30.6 Å². The Morgan fingerprint density at radius 1 is 1.31 bits per heavy atom. The lowest BCUT2D eigenvalue weighted by Gasteiger charge is -2.27. The number of rotatable bonds is 5. The van der Waals surface area contributed by atoms with Crippen molar-refractivity contribution in [3.05, 3.63) is 48.2 Å². The number of hydrogen-bond donors (Lipinski definition) is 2. The van der Waals surface area contributed by atoms with E-state index < -0.39 is 11.7 Å². The molecule has 0 aliphatic heterocycles. The summed E-state index contributed by atoms with van der Waals surface area (Å²) >= 11 is 0. The number of nitrogens with one attached hydrogen (secondary N) is 1. The van der Waals surface area contributed by atoms with Gasteiger partial charge in [-0.25, -0.2) is 9.37 Å². The maximum atomic E-state index is 13.0. The van der Waals surface area contributed by atoms with Crippen molar-refractivity contribution in [1.82, 2.24) is 14.8 Å². The molecule has 1 fully saturated rings. The second kappa shape index (κ2) is 8.16. The zero-order valence-corrected chi connectivity index (χ0v) is 16.1. The van der Waals surface area contributed by atoms with Crippen LogP contribution in [0.4, 0.5) is 10.1 Å². The number of nitrogens with zero attached hydrogens (tertiary/aromatic N) is 3. The van der Waals surface area contributed by atoms with Crippen molar-refractivity contribution in [2.75, 3.05) is 19.0 Å². The first-order chi connectivity index (χ1) is 14.1. The van der Waals surface area contributed by atoms with Crippen molar-refractivity contribution < 1.29 is 19.0 Å². The number of methoxy groups -OCH3 is 1. The van der Waals surface area contributed by atoms with E-state index in [-0.39, 0.29) is 12.3 Å². The average molecular weight is 398 g/mol. The highest BCUT2D eigenvalue weighted by molar-refractivity contribution is 6.05. The number of aromatic nitrogens is 3. The van der Waals surface area contributed by atoms with Crippen LogP contribution in [0.25, 0.3) is 10.9 Å². The number of pyridine rings is 1. The largest absolute Gasteiger partial charge is 0.494 e. The van der Waals surface area contributed by atoms with Crippen LogP contribution in [0.5, 0.6) is 5.75 Å². The third-order valence-corrected chi connectivity index (χ3v) is 5.50. The normalized spacial score (nSPS) is 19.3. The van der Waals surface area contributed by atoms with Gasteiger partial charge in [0.25, 0.3) is 5.91 Å². The van der Waals surface area contributed by atoms with Gasteiger partial charge in [0.1, 0.15) is 17.3 Å². The molecule has 0 unspecified atom stereocenters. The molecule has 2 aromatic heterocycles.